The van der Waals surface area contributed by atoms with Crippen LogP contribution >= 0.6 is 11.6 Å². The normalized spacial score (nSPS) is 14.3. The number of ether oxygens (including phenoxy) is 2. The van der Waals surface area contributed by atoms with Gasteiger partial charge in [0, 0.05) is 10.6 Å². The molecule has 0 amide bonds. The SMILES string of the molecule is COc1ccccc1[C@H]1c2c(C)nn(-c3ccc(Cl)cc3)c2Oc2ncn3nc(-c4ccco4)nc3c21. The molecule has 0 unspecified atom stereocenters. The van der Waals surface area contributed by atoms with Crippen molar-refractivity contribution < 1.29 is 13.9 Å². The number of methoxy groups -OCH3 is 1. The zero-order chi connectivity index (χ0) is 25.1. The first-order chi connectivity index (χ1) is 18.1. The van der Waals surface area contributed by atoms with Gasteiger partial charge in [-0.1, -0.05) is 29.8 Å². The van der Waals surface area contributed by atoms with Crippen molar-refractivity contribution in [2.24, 2.45) is 0 Å². The second-order valence-electron chi connectivity index (χ2n) is 8.61. The maximum absolute atomic E-state index is 6.46. The fraction of sp³-hybridized carbons (Fsp3) is 0.111. The van der Waals surface area contributed by atoms with Crippen LogP contribution in [0, 0.1) is 6.92 Å². The molecule has 6 aromatic rings. The van der Waals surface area contributed by atoms with E-state index in [1.807, 2.05) is 61.5 Å². The van der Waals surface area contributed by atoms with Crippen molar-refractivity contribution in [2.45, 2.75) is 12.8 Å². The molecular weight excluding hydrogens is 492 g/mol. The predicted molar refractivity (Wildman–Crippen MR) is 136 cm³/mol. The molecule has 1 aliphatic rings. The molecule has 9 nitrogen and oxygen atoms in total. The molecule has 37 heavy (non-hydrogen) atoms. The van der Waals surface area contributed by atoms with Gasteiger partial charge in [-0.25, -0.2) is 19.2 Å². The lowest BCUT2D eigenvalue weighted by molar-refractivity contribution is 0.393. The maximum Gasteiger partial charge on any atom is 0.230 e. The van der Waals surface area contributed by atoms with E-state index in [-0.39, 0.29) is 5.92 Å². The summed E-state index contributed by atoms with van der Waals surface area (Å²) in [7, 11) is 1.66. The van der Waals surface area contributed by atoms with E-state index < -0.39 is 0 Å². The molecule has 1 atom stereocenters. The summed E-state index contributed by atoms with van der Waals surface area (Å²) in [5.41, 5.74) is 4.83. The zero-order valence-corrected chi connectivity index (χ0v) is 20.5. The number of halogens is 1. The lowest BCUT2D eigenvalue weighted by Crippen LogP contribution is -2.16. The summed E-state index contributed by atoms with van der Waals surface area (Å²) in [5, 5.41) is 10.1. The number of para-hydroxylation sites is 1. The van der Waals surface area contributed by atoms with Crippen molar-refractivity contribution in [3.8, 4) is 34.8 Å². The van der Waals surface area contributed by atoms with Gasteiger partial charge in [-0.05, 0) is 49.4 Å². The Bertz CT molecular complexity index is 1770. The first kappa shape index (κ1) is 21.6. The smallest absolute Gasteiger partial charge is 0.230 e. The number of rotatable bonds is 4. The molecule has 4 aromatic heterocycles. The van der Waals surface area contributed by atoms with E-state index in [1.54, 1.807) is 35.0 Å². The minimum absolute atomic E-state index is 0.333. The highest BCUT2D eigenvalue weighted by molar-refractivity contribution is 6.30. The Balaban J connectivity index is 1.52. The molecule has 7 rings (SSSR count). The first-order valence-electron chi connectivity index (χ1n) is 11.6. The molecule has 0 radical (unpaired) electrons. The van der Waals surface area contributed by atoms with Crippen molar-refractivity contribution in [3.63, 3.8) is 0 Å². The Kier molecular flexibility index (Phi) is 4.80. The van der Waals surface area contributed by atoms with Crippen LogP contribution in [0.2, 0.25) is 5.02 Å². The third-order valence-electron chi connectivity index (χ3n) is 6.48. The summed E-state index contributed by atoms with van der Waals surface area (Å²) in [4.78, 5) is 9.47. The van der Waals surface area contributed by atoms with E-state index >= 15 is 0 Å². The Labute approximate surface area is 215 Å². The Morgan fingerprint density at radius 3 is 2.59 bits per heavy atom. The highest BCUT2D eigenvalue weighted by atomic mass is 35.5. The van der Waals surface area contributed by atoms with Gasteiger partial charge in [0.25, 0.3) is 0 Å². The van der Waals surface area contributed by atoms with E-state index in [1.165, 1.54) is 0 Å². The number of aromatic nitrogens is 6. The topological polar surface area (TPSA) is 92.5 Å². The van der Waals surface area contributed by atoms with Gasteiger partial charge in [-0.3, -0.25) is 0 Å². The number of furan rings is 1. The van der Waals surface area contributed by atoms with Crippen LogP contribution in [-0.4, -0.2) is 36.5 Å². The van der Waals surface area contributed by atoms with Crippen LogP contribution in [0.3, 0.4) is 0 Å². The number of nitrogens with zero attached hydrogens (tertiary/aromatic N) is 6. The predicted octanol–water partition coefficient (Wildman–Crippen LogP) is 5.83. The van der Waals surface area contributed by atoms with Crippen LogP contribution in [0.5, 0.6) is 17.5 Å². The number of fused-ring (bicyclic) bond motifs is 4. The van der Waals surface area contributed by atoms with Crippen molar-refractivity contribution in [2.75, 3.05) is 7.11 Å². The van der Waals surface area contributed by atoms with Crippen LogP contribution < -0.4 is 9.47 Å². The van der Waals surface area contributed by atoms with E-state index in [2.05, 4.69) is 10.1 Å². The van der Waals surface area contributed by atoms with Gasteiger partial charge in [0.05, 0.1) is 41.8 Å². The molecule has 0 bridgehead atoms. The minimum Gasteiger partial charge on any atom is -0.496 e. The Hall–Kier alpha value is -4.63. The summed E-state index contributed by atoms with van der Waals surface area (Å²) in [6.45, 7) is 1.97. The van der Waals surface area contributed by atoms with Crippen LogP contribution in [-0.2, 0) is 0 Å². The van der Waals surface area contributed by atoms with Crippen molar-refractivity contribution in [1.82, 2.24) is 29.4 Å². The third-order valence-corrected chi connectivity index (χ3v) is 6.73. The molecule has 0 saturated heterocycles. The largest absolute Gasteiger partial charge is 0.496 e. The van der Waals surface area contributed by atoms with Gasteiger partial charge in [0.1, 0.15) is 12.1 Å². The minimum atomic E-state index is -0.333. The Morgan fingerprint density at radius 1 is 0.973 bits per heavy atom. The van der Waals surface area contributed by atoms with E-state index in [0.717, 1.165) is 33.8 Å². The third kappa shape index (κ3) is 3.31. The van der Waals surface area contributed by atoms with E-state index in [0.29, 0.717) is 34.0 Å². The Morgan fingerprint density at radius 2 is 1.81 bits per heavy atom. The van der Waals surface area contributed by atoms with Crippen LogP contribution in [0.15, 0.2) is 77.7 Å². The average molecular weight is 511 g/mol. The number of hydrogen-bond donors (Lipinski definition) is 0. The number of benzene rings is 2. The maximum atomic E-state index is 6.46. The monoisotopic (exact) mass is 510 g/mol. The second kappa shape index (κ2) is 8.21. The fourth-order valence-electron chi connectivity index (χ4n) is 4.86. The molecule has 0 aliphatic carbocycles. The van der Waals surface area contributed by atoms with E-state index in [4.69, 9.17) is 35.6 Å². The van der Waals surface area contributed by atoms with Crippen molar-refractivity contribution >= 4 is 17.2 Å². The van der Waals surface area contributed by atoms with Gasteiger partial charge in [0.15, 0.2) is 11.4 Å². The van der Waals surface area contributed by atoms with Gasteiger partial charge < -0.3 is 13.9 Å². The van der Waals surface area contributed by atoms with Gasteiger partial charge in [0.2, 0.25) is 17.6 Å². The van der Waals surface area contributed by atoms with E-state index in [9.17, 15) is 0 Å². The average Bonchev–Trinajstić information content (AvgIpc) is 3.67. The van der Waals surface area contributed by atoms with Crippen LogP contribution in [0.4, 0.5) is 0 Å². The summed E-state index contributed by atoms with van der Waals surface area (Å²) in [5.74, 6) is 2.42. The zero-order valence-electron chi connectivity index (χ0n) is 19.8. The molecule has 0 saturated carbocycles. The van der Waals surface area contributed by atoms with Crippen LogP contribution in [0.1, 0.15) is 28.3 Å². The molecule has 0 spiro atoms. The molecular formula is C27H19ClN6O3. The summed E-state index contributed by atoms with van der Waals surface area (Å²) in [6, 6.07) is 19.0. The van der Waals surface area contributed by atoms with Gasteiger partial charge >= 0.3 is 0 Å². The summed E-state index contributed by atoms with van der Waals surface area (Å²) >= 11 is 6.14. The standard InChI is InChI=1S/C27H19ClN6O3/c1-15-21-22(18-6-3-4-7-19(18)35-2)23-25-30-24(20-8-5-13-36-20)32-33(25)14-29-26(23)37-27(21)34(31-15)17-11-9-16(28)10-12-17/h3-14,22H,1-2H3/t22-/m0/s1. The molecule has 0 fully saturated rings. The molecule has 10 heteroatoms. The highest BCUT2D eigenvalue weighted by Crippen LogP contribution is 2.51. The number of hydrogen-bond acceptors (Lipinski definition) is 7. The van der Waals surface area contributed by atoms with Gasteiger partial charge in [-0.2, -0.15) is 5.10 Å². The number of aryl methyl sites for hydroxylation is 1. The van der Waals surface area contributed by atoms with Crippen LogP contribution in [0.25, 0.3) is 22.9 Å². The summed E-state index contributed by atoms with van der Waals surface area (Å²) < 4.78 is 21.2. The molecule has 2 aromatic carbocycles. The lowest BCUT2D eigenvalue weighted by Gasteiger charge is -2.27. The molecule has 0 N–H and O–H groups in total. The van der Waals surface area contributed by atoms with Crippen molar-refractivity contribution in [3.05, 3.63) is 101 Å². The molecule has 5 heterocycles. The lowest BCUT2D eigenvalue weighted by atomic mass is 9.84. The molecule has 1 aliphatic heterocycles. The van der Waals surface area contributed by atoms with Gasteiger partial charge in [-0.15, -0.1) is 5.10 Å². The second-order valence-corrected chi connectivity index (χ2v) is 9.05. The summed E-state index contributed by atoms with van der Waals surface area (Å²) in [6.07, 6.45) is 3.18. The van der Waals surface area contributed by atoms with Crippen molar-refractivity contribution in [1.29, 1.82) is 0 Å². The fourth-order valence-corrected chi connectivity index (χ4v) is 4.99. The quantitative estimate of drug-likeness (QED) is 0.294. The highest BCUT2D eigenvalue weighted by Gasteiger charge is 2.39. The molecule has 182 valence electrons. The first-order valence-corrected chi connectivity index (χ1v) is 12.0.